The number of carbonyl (C=O) groups excluding carboxylic acids is 1. The number of nitrogens with one attached hydrogen (secondary N) is 1. The normalized spacial score (nSPS) is 11.9. The van der Waals surface area contributed by atoms with E-state index in [1.165, 1.54) is 6.92 Å². The molecule has 1 amide bonds. The number of amides is 1. The van der Waals surface area contributed by atoms with Gasteiger partial charge < -0.3 is 5.32 Å². The van der Waals surface area contributed by atoms with Crippen molar-refractivity contribution in [3.63, 3.8) is 0 Å². The van der Waals surface area contributed by atoms with E-state index < -0.39 is 6.04 Å². The minimum absolute atomic E-state index is 0.211. The van der Waals surface area contributed by atoms with Gasteiger partial charge in [0.25, 0.3) is 0 Å². The molecule has 1 unspecified atom stereocenters. The third-order valence-electron chi connectivity index (χ3n) is 3.55. The average molecular weight is 306 g/mol. The van der Waals surface area contributed by atoms with Crippen LogP contribution in [-0.2, 0) is 4.79 Å². The zero-order valence-corrected chi connectivity index (χ0v) is 12.4. The predicted octanol–water partition coefficient (Wildman–Crippen LogP) is 3.25. The van der Waals surface area contributed by atoms with Gasteiger partial charge in [-0.1, -0.05) is 24.3 Å². The molecule has 2 aromatic heterocycles. The van der Waals surface area contributed by atoms with Gasteiger partial charge in [0.1, 0.15) is 5.69 Å². The first-order valence-corrected chi connectivity index (χ1v) is 7.08. The summed E-state index contributed by atoms with van der Waals surface area (Å²) in [6.45, 7) is 1.43. The second-order valence-corrected chi connectivity index (χ2v) is 5.09. The summed E-state index contributed by atoms with van der Waals surface area (Å²) in [6, 6.07) is 10.4. The lowest BCUT2D eigenvalue weighted by atomic mass is 9.96. The molecule has 2 heterocycles. The van der Waals surface area contributed by atoms with Gasteiger partial charge in [0, 0.05) is 36.5 Å². The van der Waals surface area contributed by atoms with Crippen molar-refractivity contribution in [1.29, 1.82) is 0 Å². The molecule has 114 valence electrons. The Bertz CT molecular complexity index is 865. The number of nitrogens with zero attached hydrogens (tertiary/aromatic N) is 3. The summed E-state index contributed by atoms with van der Waals surface area (Å²) in [4.78, 5) is 31.4. The molecule has 1 aromatic carbocycles. The number of hydrogen-bond acceptors (Lipinski definition) is 5. The van der Waals surface area contributed by atoms with Gasteiger partial charge >= 0.3 is 0 Å². The van der Waals surface area contributed by atoms with Crippen molar-refractivity contribution in [2.24, 2.45) is 5.18 Å². The van der Waals surface area contributed by atoms with Gasteiger partial charge in [0.05, 0.1) is 11.6 Å². The summed E-state index contributed by atoms with van der Waals surface area (Å²) in [6.07, 6.45) is 4.91. The highest BCUT2D eigenvalue weighted by atomic mass is 16.3. The molecular formula is C17H14N4O2. The largest absolute Gasteiger partial charge is 0.345 e. The van der Waals surface area contributed by atoms with E-state index in [2.05, 4.69) is 20.5 Å². The van der Waals surface area contributed by atoms with Crippen LogP contribution in [0.25, 0.3) is 10.9 Å². The number of carbonyl (C=O) groups is 1. The Morgan fingerprint density at radius 2 is 2.00 bits per heavy atom. The summed E-state index contributed by atoms with van der Waals surface area (Å²) in [7, 11) is 0. The molecule has 6 nitrogen and oxygen atoms in total. The maximum Gasteiger partial charge on any atom is 0.217 e. The highest BCUT2D eigenvalue weighted by Crippen LogP contribution is 2.35. The van der Waals surface area contributed by atoms with Crippen LogP contribution in [0.1, 0.15) is 24.1 Å². The predicted molar refractivity (Wildman–Crippen MR) is 87.1 cm³/mol. The molecule has 0 aliphatic heterocycles. The molecule has 0 bridgehead atoms. The number of fused-ring (bicyclic) bond motifs is 1. The third kappa shape index (κ3) is 2.91. The van der Waals surface area contributed by atoms with Crippen molar-refractivity contribution < 1.29 is 4.79 Å². The summed E-state index contributed by atoms with van der Waals surface area (Å²) in [5.74, 6) is -0.211. The standard InChI is InChI=1S/C17H14N4O2/c1-11(22)20-15(13-5-2-8-18-10-13)14-7-6-12-4-3-9-19-16(12)17(14)21-23/h2-10,15H,1H3,(H,20,22). The fraction of sp³-hybridized carbons (Fsp3) is 0.118. The Kier molecular flexibility index (Phi) is 4.05. The number of aromatic nitrogens is 2. The average Bonchev–Trinajstić information content (AvgIpc) is 2.59. The number of rotatable bonds is 4. The van der Waals surface area contributed by atoms with Crippen LogP contribution in [0.15, 0.2) is 60.2 Å². The van der Waals surface area contributed by atoms with Gasteiger partial charge in [-0.3, -0.25) is 14.8 Å². The van der Waals surface area contributed by atoms with Crippen LogP contribution in [0, 0.1) is 4.91 Å². The summed E-state index contributed by atoms with van der Waals surface area (Å²) in [5, 5.41) is 6.83. The van der Waals surface area contributed by atoms with Crippen LogP contribution < -0.4 is 5.32 Å². The van der Waals surface area contributed by atoms with Gasteiger partial charge in [-0.25, -0.2) is 0 Å². The van der Waals surface area contributed by atoms with Gasteiger partial charge in [-0.2, -0.15) is 0 Å². The lowest BCUT2D eigenvalue weighted by molar-refractivity contribution is -0.119. The van der Waals surface area contributed by atoms with Gasteiger partial charge in [-0.15, -0.1) is 4.91 Å². The SMILES string of the molecule is CC(=O)NC(c1cccnc1)c1ccc2cccnc2c1N=O. The summed E-state index contributed by atoms with van der Waals surface area (Å²) < 4.78 is 0. The van der Waals surface area contributed by atoms with E-state index in [4.69, 9.17) is 0 Å². The van der Waals surface area contributed by atoms with Gasteiger partial charge in [0.2, 0.25) is 5.91 Å². The van der Waals surface area contributed by atoms with Crippen molar-refractivity contribution >= 4 is 22.5 Å². The molecule has 0 fully saturated rings. The number of nitroso groups, excluding NO2 is 1. The van der Waals surface area contributed by atoms with Crippen molar-refractivity contribution in [3.05, 3.63) is 71.0 Å². The zero-order valence-electron chi connectivity index (χ0n) is 12.4. The molecule has 23 heavy (non-hydrogen) atoms. The molecule has 0 spiro atoms. The molecule has 3 rings (SSSR count). The first-order valence-electron chi connectivity index (χ1n) is 7.08. The van der Waals surface area contributed by atoms with Crippen molar-refractivity contribution in [1.82, 2.24) is 15.3 Å². The number of benzene rings is 1. The van der Waals surface area contributed by atoms with Crippen LogP contribution in [-0.4, -0.2) is 15.9 Å². The second kappa shape index (κ2) is 6.31. The number of pyridine rings is 2. The molecule has 0 saturated heterocycles. The van der Waals surface area contributed by atoms with E-state index in [-0.39, 0.29) is 11.6 Å². The van der Waals surface area contributed by atoms with E-state index in [1.54, 1.807) is 36.8 Å². The van der Waals surface area contributed by atoms with Crippen molar-refractivity contribution in [2.75, 3.05) is 0 Å². The maximum atomic E-state index is 11.6. The minimum atomic E-state index is -0.514. The molecule has 0 aliphatic rings. The lowest BCUT2D eigenvalue weighted by Gasteiger charge is -2.20. The Morgan fingerprint density at radius 3 is 2.70 bits per heavy atom. The fourth-order valence-electron chi connectivity index (χ4n) is 2.56. The highest BCUT2D eigenvalue weighted by molar-refractivity contribution is 5.91. The van der Waals surface area contributed by atoms with E-state index in [0.29, 0.717) is 11.1 Å². The third-order valence-corrected chi connectivity index (χ3v) is 3.55. The molecule has 0 aliphatic carbocycles. The van der Waals surface area contributed by atoms with Crippen LogP contribution in [0.4, 0.5) is 5.69 Å². The zero-order chi connectivity index (χ0) is 16.2. The highest BCUT2D eigenvalue weighted by Gasteiger charge is 2.21. The van der Waals surface area contributed by atoms with E-state index >= 15 is 0 Å². The van der Waals surface area contributed by atoms with Crippen LogP contribution in [0.5, 0.6) is 0 Å². The lowest BCUT2D eigenvalue weighted by Crippen LogP contribution is -2.27. The van der Waals surface area contributed by atoms with Crippen LogP contribution in [0.2, 0.25) is 0 Å². The van der Waals surface area contributed by atoms with Crippen LogP contribution >= 0.6 is 0 Å². The molecule has 0 saturated carbocycles. The summed E-state index contributed by atoms with van der Waals surface area (Å²) >= 11 is 0. The Morgan fingerprint density at radius 1 is 1.17 bits per heavy atom. The monoisotopic (exact) mass is 306 g/mol. The molecular weight excluding hydrogens is 292 g/mol. The first kappa shape index (κ1) is 14.8. The second-order valence-electron chi connectivity index (χ2n) is 5.09. The fourth-order valence-corrected chi connectivity index (χ4v) is 2.56. The van der Waals surface area contributed by atoms with E-state index in [1.807, 2.05) is 18.2 Å². The van der Waals surface area contributed by atoms with Gasteiger partial charge in [0.15, 0.2) is 0 Å². The molecule has 1 N–H and O–H groups in total. The Labute approximate surface area is 132 Å². The molecule has 3 aromatic rings. The Hall–Kier alpha value is -3.15. The van der Waals surface area contributed by atoms with Gasteiger partial charge in [-0.05, 0) is 22.9 Å². The number of hydrogen-bond donors (Lipinski definition) is 1. The quantitative estimate of drug-likeness (QED) is 0.750. The molecule has 0 radical (unpaired) electrons. The van der Waals surface area contributed by atoms with Crippen molar-refractivity contribution in [2.45, 2.75) is 13.0 Å². The van der Waals surface area contributed by atoms with Crippen LogP contribution in [0.3, 0.4) is 0 Å². The van der Waals surface area contributed by atoms with E-state index in [0.717, 1.165) is 10.9 Å². The first-order chi connectivity index (χ1) is 11.2. The minimum Gasteiger partial charge on any atom is -0.345 e. The molecule has 1 atom stereocenters. The van der Waals surface area contributed by atoms with Crippen molar-refractivity contribution in [3.8, 4) is 0 Å². The summed E-state index contributed by atoms with van der Waals surface area (Å²) in [5.41, 5.74) is 2.10. The Balaban J connectivity index is 2.21. The maximum absolute atomic E-state index is 11.6. The molecule has 6 heteroatoms. The van der Waals surface area contributed by atoms with E-state index in [9.17, 15) is 9.70 Å². The smallest absolute Gasteiger partial charge is 0.217 e. The topological polar surface area (TPSA) is 84.3 Å².